The lowest BCUT2D eigenvalue weighted by Gasteiger charge is -2.30. The van der Waals surface area contributed by atoms with Crippen LogP contribution in [-0.4, -0.2) is 36.9 Å². The van der Waals surface area contributed by atoms with Gasteiger partial charge in [0.25, 0.3) is 0 Å². The number of carboxylic acids is 1. The summed E-state index contributed by atoms with van der Waals surface area (Å²) < 4.78 is 19.3. The van der Waals surface area contributed by atoms with Crippen LogP contribution >= 0.6 is 11.6 Å². The van der Waals surface area contributed by atoms with Gasteiger partial charge in [-0.15, -0.1) is 0 Å². The number of urea groups is 1. The summed E-state index contributed by atoms with van der Waals surface area (Å²) in [7, 11) is 0. The predicted octanol–water partition coefficient (Wildman–Crippen LogP) is 5.23. The van der Waals surface area contributed by atoms with E-state index in [9.17, 15) is 14.0 Å². The molecule has 2 N–H and O–H groups in total. The summed E-state index contributed by atoms with van der Waals surface area (Å²) in [6, 6.07) is 13.0. The zero-order valence-electron chi connectivity index (χ0n) is 17.1. The number of amides is 2. The number of carbonyl (C=O) groups excluding carboxylic acids is 1. The zero-order chi connectivity index (χ0) is 22.2. The number of para-hydroxylation sites is 1. The highest BCUT2D eigenvalue weighted by Gasteiger charge is 2.25. The summed E-state index contributed by atoms with van der Waals surface area (Å²) in [6.07, 6.45) is 3.84. The van der Waals surface area contributed by atoms with E-state index < -0.39 is 11.8 Å². The van der Waals surface area contributed by atoms with Gasteiger partial charge in [0.15, 0.2) is 0 Å². The van der Waals surface area contributed by atoms with E-state index in [1.165, 1.54) is 17.0 Å². The number of carbonyl (C=O) groups is 2. The molecule has 0 radical (unpaired) electrons. The van der Waals surface area contributed by atoms with Crippen LogP contribution in [0.5, 0.6) is 0 Å². The molecule has 2 aromatic rings. The Balaban J connectivity index is 1.64. The van der Waals surface area contributed by atoms with Crippen molar-refractivity contribution in [2.75, 3.05) is 24.7 Å². The number of nitrogens with one attached hydrogen (secondary N) is 1. The highest BCUT2D eigenvalue weighted by atomic mass is 35.5. The van der Waals surface area contributed by atoms with Crippen LogP contribution in [0.3, 0.4) is 0 Å². The summed E-state index contributed by atoms with van der Waals surface area (Å²) in [5.74, 6) is -1.01. The van der Waals surface area contributed by atoms with Gasteiger partial charge >= 0.3 is 12.0 Å². The van der Waals surface area contributed by atoms with E-state index in [1.807, 2.05) is 18.2 Å². The first-order valence-corrected chi connectivity index (χ1v) is 10.7. The number of aliphatic carboxylic acids is 1. The second-order valence-corrected chi connectivity index (χ2v) is 8.17. The third-order valence-corrected chi connectivity index (χ3v) is 5.70. The fourth-order valence-corrected chi connectivity index (χ4v) is 4.07. The number of halogens is 2. The Morgan fingerprint density at radius 2 is 1.87 bits per heavy atom. The average molecular weight is 449 g/mol. The van der Waals surface area contributed by atoms with Crippen LogP contribution in [0.2, 0.25) is 5.02 Å². The lowest BCUT2D eigenvalue weighted by molar-refractivity contribution is -0.142. The van der Waals surface area contributed by atoms with Gasteiger partial charge in [-0.2, -0.15) is 0 Å². The molecule has 8 heteroatoms. The second-order valence-electron chi connectivity index (χ2n) is 7.76. The molecule has 2 amide bonds. The van der Waals surface area contributed by atoms with Crippen molar-refractivity contribution in [3.63, 3.8) is 0 Å². The molecule has 6 nitrogen and oxygen atoms in total. The molecule has 0 bridgehead atoms. The monoisotopic (exact) mass is 448 g/mol. The van der Waals surface area contributed by atoms with Crippen LogP contribution in [0.15, 0.2) is 48.5 Å². The van der Waals surface area contributed by atoms with Crippen LogP contribution in [0.25, 0.3) is 0 Å². The van der Waals surface area contributed by atoms with E-state index in [2.05, 4.69) is 5.32 Å². The molecule has 166 valence electrons. The molecule has 31 heavy (non-hydrogen) atoms. The molecule has 0 saturated heterocycles. The van der Waals surface area contributed by atoms with Gasteiger partial charge in [-0.25, -0.2) is 14.0 Å². The number of anilines is 2. The standard InChI is InChI=1S/C23H26ClFN2O4/c24-20-10-9-19(12-21(20)25)27(18-7-2-1-3-8-18)23(30)26-13-16-5-4-6-17(11-16)14-31-15-22(28)29/h1-3,7-10,12,16-17H,4-6,11,13-15H2,(H,26,30)(H,28,29). The fourth-order valence-electron chi connectivity index (χ4n) is 3.95. The first kappa shape index (κ1) is 23.0. The van der Waals surface area contributed by atoms with E-state index in [1.54, 1.807) is 18.2 Å². The van der Waals surface area contributed by atoms with Crippen molar-refractivity contribution in [3.05, 3.63) is 59.4 Å². The first-order chi connectivity index (χ1) is 14.9. The van der Waals surface area contributed by atoms with Crippen molar-refractivity contribution in [1.29, 1.82) is 0 Å². The Morgan fingerprint density at radius 1 is 1.13 bits per heavy atom. The Morgan fingerprint density at radius 3 is 2.58 bits per heavy atom. The molecule has 0 aliphatic heterocycles. The van der Waals surface area contributed by atoms with Gasteiger partial charge in [0.1, 0.15) is 12.4 Å². The summed E-state index contributed by atoms with van der Waals surface area (Å²) in [5.41, 5.74) is 1.000. The molecule has 2 aromatic carbocycles. The van der Waals surface area contributed by atoms with E-state index in [0.29, 0.717) is 24.5 Å². The Bertz CT molecular complexity index is 896. The summed E-state index contributed by atoms with van der Waals surface area (Å²) in [5, 5.41) is 11.7. The molecule has 2 atom stereocenters. The molecule has 1 saturated carbocycles. The molecule has 3 rings (SSSR count). The lowest BCUT2D eigenvalue weighted by atomic mass is 9.82. The van der Waals surface area contributed by atoms with Crippen molar-refractivity contribution < 1.29 is 23.8 Å². The van der Waals surface area contributed by atoms with E-state index in [4.69, 9.17) is 21.4 Å². The normalized spacial score (nSPS) is 18.4. The number of ether oxygens (including phenoxy) is 1. The van der Waals surface area contributed by atoms with Crippen LogP contribution in [-0.2, 0) is 9.53 Å². The van der Waals surface area contributed by atoms with Gasteiger partial charge in [-0.3, -0.25) is 4.90 Å². The highest BCUT2D eigenvalue weighted by Crippen LogP contribution is 2.30. The summed E-state index contributed by atoms with van der Waals surface area (Å²) >= 11 is 5.80. The van der Waals surface area contributed by atoms with E-state index in [0.717, 1.165) is 25.7 Å². The maximum Gasteiger partial charge on any atom is 0.329 e. The molecule has 2 unspecified atom stereocenters. The second kappa shape index (κ2) is 11.1. The number of hydrogen-bond donors (Lipinski definition) is 2. The molecule has 1 aliphatic rings. The third kappa shape index (κ3) is 6.67. The van der Waals surface area contributed by atoms with Crippen molar-refractivity contribution in [1.82, 2.24) is 5.32 Å². The molecular weight excluding hydrogens is 423 g/mol. The van der Waals surface area contributed by atoms with Crippen LogP contribution in [0, 0.1) is 17.7 Å². The highest BCUT2D eigenvalue weighted by molar-refractivity contribution is 6.30. The van der Waals surface area contributed by atoms with Gasteiger partial charge in [-0.05, 0) is 61.4 Å². The van der Waals surface area contributed by atoms with E-state index >= 15 is 0 Å². The van der Waals surface area contributed by atoms with Crippen LogP contribution in [0.4, 0.5) is 20.6 Å². The van der Waals surface area contributed by atoms with Crippen molar-refractivity contribution in [3.8, 4) is 0 Å². The lowest BCUT2D eigenvalue weighted by Crippen LogP contribution is -2.40. The minimum absolute atomic E-state index is 0.00413. The molecule has 1 aliphatic carbocycles. The van der Waals surface area contributed by atoms with Gasteiger partial charge in [0, 0.05) is 6.54 Å². The number of rotatable bonds is 8. The molecule has 0 aromatic heterocycles. The molecule has 1 fully saturated rings. The van der Waals surface area contributed by atoms with Gasteiger partial charge in [0.2, 0.25) is 0 Å². The number of nitrogens with zero attached hydrogens (tertiary/aromatic N) is 1. The predicted molar refractivity (Wildman–Crippen MR) is 117 cm³/mol. The quantitative estimate of drug-likeness (QED) is 0.579. The fraction of sp³-hybridized carbons (Fsp3) is 0.391. The van der Waals surface area contributed by atoms with Crippen LogP contribution in [0.1, 0.15) is 25.7 Å². The summed E-state index contributed by atoms with van der Waals surface area (Å²) in [6.45, 7) is 0.603. The van der Waals surface area contributed by atoms with Crippen molar-refractivity contribution >= 4 is 35.0 Å². The summed E-state index contributed by atoms with van der Waals surface area (Å²) in [4.78, 5) is 25.1. The zero-order valence-corrected chi connectivity index (χ0v) is 17.9. The Labute approximate surface area is 186 Å². The van der Waals surface area contributed by atoms with Crippen molar-refractivity contribution in [2.24, 2.45) is 11.8 Å². The molecule has 0 spiro atoms. The largest absolute Gasteiger partial charge is 0.480 e. The third-order valence-electron chi connectivity index (χ3n) is 5.39. The van der Waals surface area contributed by atoms with Crippen molar-refractivity contribution in [2.45, 2.75) is 25.7 Å². The Hall–Kier alpha value is -2.64. The minimum atomic E-state index is -0.973. The maximum atomic E-state index is 14.1. The number of benzene rings is 2. The Kier molecular flexibility index (Phi) is 8.26. The van der Waals surface area contributed by atoms with Crippen LogP contribution < -0.4 is 10.2 Å². The number of carboxylic acid groups (broad SMARTS) is 1. The van der Waals surface area contributed by atoms with E-state index in [-0.39, 0.29) is 29.5 Å². The molecule has 0 heterocycles. The first-order valence-electron chi connectivity index (χ1n) is 10.3. The minimum Gasteiger partial charge on any atom is -0.480 e. The molecular formula is C23H26ClFN2O4. The topological polar surface area (TPSA) is 78.9 Å². The average Bonchev–Trinajstić information content (AvgIpc) is 2.76. The van der Waals surface area contributed by atoms with Gasteiger partial charge < -0.3 is 15.2 Å². The SMILES string of the molecule is O=C(O)COCC1CCCC(CNC(=O)N(c2ccccc2)c2ccc(Cl)c(F)c2)C1. The van der Waals surface area contributed by atoms with Gasteiger partial charge in [0.05, 0.1) is 23.0 Å². The smallest absolute Gasteiger partial charge is 0.329 e. The maximum absolute atomic E-state index is 14.1. The number of hydrogen-bond acceptors (Lipinski definition) is 3. The van der Waals surface area contributed by atoms with Gasteiger partial charge in [-0.1, -0.05) is 36.2 Å².